The average molecular weight is 494 g/mol. The molecule has 37 heavy (non-hydrogen) atoms. The Balaban J connectivity index is 1.17. The highest BCUT2D eigenvalue weighted by atomic mass is 19.1. The Morgan fingerprint density at radius 2 is 1.57 bits per heavy atom. The number of nitrogens with zero attached hydrogens (tertiary/aromatic N) is 2. The van der Waals surface area contributed by atoms with Gasteiger partial charge in [-0.1, -0.05) is 54.6 Å². The molecule has 0 spiro atoms. The second-order valence-corrected chi connectivity index (χ2v) is 10.0. The topological polar surface area (TPSA) is 54.3 Å². The molecule has 1 saturated heterocycles. The maximum atomic E-state index is 13.4. The Hall–Kier alpha value is -4.19. The molecule has 4 aromatic rings. The molecule has 2 aliphatic rings. The minimum atomic E-state index is -0.277. The quantitative estimate of drug-likeness (QED) is 0.398. The lowest BCUT2D eigenvalue weighted by atomic mass is 9.83. The van der Waals surface area contributed by atoms with Crippen molar-refractivity contribution in [3.8, 4) is 11.1 Å². The van der Waals surface area contributed by atoms with Crippen LogP contribution in [0.25, 0.3) is 11.1 Å². The van der Waals surface area contributed by atoms with Crippen molar-refractivity contribution in [2.75, 3.05) is 18.4 Å². The molecule has 6 rings (SSSR count). The van der Waals surface area contributed by atoms with Crippen molar-refractivity contribution >= 4 is 11.6 Å². The Labute approximate surface area is 215 Å². The number of amides is 1. The van der Waals surface area contributed by atoms with Gasteiger partial charge in [0.2, 0.25) is 0 Å². The Morgan fingerprint density at radius 3 is 2.32 bits per heavy atom. The lowest BCUT2D eigenvalue weighted by Crippen LogP contribution is -2.49. The molecule has 3 aromatic carbocycles. The molecule has 2 bridgehead atoms. The number of hydrogen-bond donors (Lipinski definition) is 1. The van der Waals surface area contributed by atoms with E-state index in [-0.39, 0.29) is 29.1 Å². The lowest BCUT2D eigenvalue weighted by molar-refractivity contribution is 0.0594. The number of pyridine rings is 1. The van der Waals surface area contributed by atoms with Gasteiger partial charge >= 0.3 is 0 Å². The maximum absolute atomic E-state index is 13.4. The van der Waals surface area contributed by atoms with Gasteiger partial charge in [-0.3, -0.25) is 9.59 Å². The summed E-state index contributed by atoms with van der Waals surface area (Å²) in [7, 11) is 0. The Morgan fingerprint density at radius 1 is 0.838 bits per heavy atom. The highest BCUT2D eigenvalue weighted by molar-refractivity contribution is 5.95. The monoisotopic (exact) mass is 493 g/mol. The SMILES string of the molecule is O=C(c1ccc(-c2ccccc2)cc1)N1C[C@@H]2C[C@H](C1)c1ccc(NCc3ccc(F)cc3)c(=O)n1C2. The molecule has 2 aliphatic heterocycles. The lowest BCUT2D eigenvalue weighted by Gasteiger charge is -2.43. The second kappa shape index (κ2) is 9.69. The molecule has 3 heterocycles. The predicted molar refractivity (Wildman–Crippen MR) is 143 cm³/mol. The van der Waals surface area contributed by atoms with E-state index in [9.17, 15) is 14.0 Å². The van der Waals surface area contributed by atoms with Crippen molar-refractivity contribution in [3.05, 3.63) is 124 Å². The summed E-state index contributed by atoms with van der Waals surface area (Å²) in [5.41, 5.74) is 5.31. The molecule has 5 nitrogen and oxygen atoms in total. The molecule has 0 aliphatic carbocycles. The summed E-state index contributed by atoms with van der Waals surface area (Å²) >= 11 is 0. The van der Waals surface area contributed by atoms with E-state index in [0.29, 0.717) is 37.4 Å². The van der Waals surface area contributed by atoms with Gasteiger partial charge in [-0.2, -0.15) is 0 Å². The number of hydrogen-bond acceptors (Lipinski definition) is 3. The predicted octanol–water partition coefficient (Wildman–Crippen LogP) is 5.53. The number of likely N-dealkylation sites (tertiary alicyclic amines) is 1. The fourth-order valence-corrected chi connectivity index (χ4v) is 5.66. The zero-order chi connectivity index (χ0) is 25.4. The fraction of sp³-hybridized carbons (Fsp3) is 0.226. The van der Waals surface area contributed by atoms with Crippen molar-refractivity contribution in [3.63, 3.8) is 0 Å². The van der Waals surface area contributed by atoms with Crippen LogP contribution in [0.15, 0.2) is 95.8 Å². The Kier molecular flexibility index (Phi) is 6.08. The number of nitrogens with one attached hydrogen (secondary N) is 1. The summed E-state index contributed by atoms with van der Waals surface area (Å²) in [5, 5.41) is 3.21. The number of anilines is 1. The first-order valence-corrected chi connectivity index (χ1v) is 12.7. The smallest absolute Gasteiger partial charge is 0.274 e. The van der Waals surface area contributed by atoms with Crippen molar-refractivity contribution in [2.24, 2.45) is 5.92 Å². The van der Waals surface area contributed by atoms with Crippen LogP contribution in [0, 0.1) is 11.7 Å². The normalized spacial score (nSPS) is 18.2. The third-order valence-corrected chi connectivity index (χ3v) is 7.53. The molecule has 1 fully saturated rings. The minimum Gasteiger partial charge on any atom is -0.377 e. The van der Waals surface area contributed by atoms with Crippen molar-refractivity contribution < 1.29 is 9.18 Å². The molecule has 0 unspecified atom stereocenters. The number of benzene rings is 3. The van der Waals surface area contributed by atoms with E-state index in [1.807, 2.05) is 64.1 Å². The van der Waals surface area contributed by atoms with Crippen LogP contribution < -0.4 is 10.9 Å². The van der Waals surface area contributed by atoms with E-state index in [2.05, 4.69) is 17.4 Å². The number of fused-ring (bicyclic) bond motifs is 4. The number of piperidine rings is 1. The zero-order valence-corrected chi connectivity index (χ0v) is 20.4. The molecule has 1 amide bonds. The number of aromatic nitrogens is 1. The third kappa shape index (κ3) is 4.67. The van der Waals surface area contributed by atoms with Crippen LogP contribution in [0.2, 0.25) is 0 Å². The van der Waals surface area contributed by atoms with Crippen molar-refractivity contribution in [1.82, 2.24) is 9.47 Å². The van der Waals surface area contributed by atoms with Crippen molar-refractivity contribution in [1.29, 1.82) is 0 Å². The van der Waals surface area contributed by atoms with Gasteiger partial charge in [-0.25, -0.2) is 4.39 Å². The summed E-state index contributed by atoms with van der Waals surface area (Å²) in [5.74, 6) is 0.145. The molecule has 0 saturated carbocycles. The van der Waals surface area contributed by atoms with Crippen molar-refractivity contribution in [2.45, 2.75) is 25.4 Å². The number of halogens is 1. The fourth-order valence-electron chi connectivity index (χ4n) is 5.66. The minimum absolute atomic E-state index is 0.0365. The van der Waals surface area contributed by atoms with E-state index in [1.165, 1.54) is 12.1 Å². The molecular formula is C31H28FN3O2. The number of carbonyl (C=O) groups is 1. The summed E-state index contributed by atoms with van der Waals surface area (Å²) in [6.45, 7) is 2.31. The van der Waals surface area contributed by atoms with Gasteiger partial charge in [0.15, 0.2) is 0 Å². The van der Waals surface area contributed by atoms with Crippen LogP contribution in [0.5, 0.6) is 0 Å². The Bertz CT molecular complexity index is 1480. The zero-order valence-electron chi connectivity index (χ0n) is 20.4. The molecule has 2 atom stereocenters. The van der Waals surface area contributed by atoms with Gasteiger partial charge in [0.1, 0.15) is 11.5 Å². The number of carbonyl (C=O) groups excluding carboxylic acids is 1. The molecule has 6 heteroatoms. The van der Waals surface area contributed by atoms with Crippen LogP contribution in [-0.2, 0) is 13.1 Å². The van der Waals surface area contributed by atoms with E-state index in [4.69, 9.17) is 0 Å². The molecule has 1 aromatic heterocycles. The summed E-state index contributed by atoms with van der Waals surface area (Å²) in [4.78, 5) is 28.6. The highest BCUT2D eigenvalue weighted by Gasteiger charge is 2.36. The van der Waals surface area contributed by atoms with Gasteiger partial charge in [0, 0.05) is 43.4 Å². The first kappa shape index (κ1) is 23.2. The van der Waals surface area contributed by atoms with E-state index >= 15 is 0 Å². The van der Waals surface area contributed by atoms with Gasteiger partial charge in [0.25, 0.3) is 11.5 Å². The molecule has 1 N–H and O–H groups in total. The maximum Gasteiger partial charge on any atom is 0.274 e. The standard InChI is InChI=1S/C31H28FN3O2/c32-27-12-6-21(7-13-27)17-33-28-14-15-29-26-16-22(19-35(29)31(28)37)18-34(20-26)30(36)25-10-8-24(9-11-25)23-4-2-1-3-5-23/h1-15,22,26,33H,16-20H2/t22-,26+/m0/s1. The second-order valence-electron chi connectivity index (χ2n) is 10.0. The van der Waals surface area contributed by atoms with Crippen LogP contribution in [0.3, 0.4) is 0 Å². The first-order valence-electron chi connectivity index (χ1n) is 12.7. The summed E-state index contributed by atoms with van der Waals surface area (Å²) < 4.78 is 15.0. The number of rotatable bonds is 5. The molecule has 186 valence electrons. The van der Waals surface area contributed by atoms with Crippen LogP contribution in [0.4, 0.5) is 10.1 Å². The first-order chi connectivity index (χ1) is 18.0. The highest BCUT2D eigenvalue weighted by Crippen LogP contribution is 2.36. The van der Waals surface area contributed by atoms with Gasteiger partial charge < -0.3 is 14.8 Å². The van der Waals surface area contributed by atoms with Gasteiger partial charge in [0.05, 0.1) is 0 Å². The average Bonchev–Trinajstić information content (AvgIpc) is 2.94. The summed E-state index contributed by atoms with van der Waals surface area (Å²) in [6.07, 6.45) is 0.985. The van der Waals surface area contributed by atoms with E-state index in [1.54, 1.807) is 12.1 Å². The van der Waals surface area contributed by atoms with Gasteiger partial charge in [-0.15, -0.1) is 0 Å². The van der Waals surface area contributed by atoms with Gasteiger partial charge in [-0.05, 0) is 65.4 Å². The largest absolute Gasteiger partial charge is 0.377 e. The van der Waals surface area contributed by atoms with Crippen LogP contribution in [0.1, 0.15) is 34.0 Å². The van der Waals surface area contributed by atoms with E-state index in [0.717, 1.165) is 28.8 Å². The third-order valence-electron chi connectivity index (χ3n) is 7.53. The van der Waals surface area contributed by atoms with Crippen LogP contribution in [-0.4, -0.2) is 28.5 Å². The van der Waals surface area contributed by atoms with E-state index < -0.39 is 0 Å². The molecular weight excluding hydrogens is 465 g/mol. The van der Waals surface area contributed by atoms with Crippen LogP contribution >= 0.6 is 0 Å². The molecule has 0 radical (unpaired) electrons. The summed E-state index contributed by atoms with van der Waals surface area (Å²) in [6, 6.07) is 28.1.